The Bertz CT molecular complexity index is 447. The fourth-order valence-electron chi connectivity index (χ4n) is 2.24. The number of aliphatic hydroxyl groups excluding tert-OH is 1. The molecular formula is C15H22N2O3. The van der Waals surface area contributed by atoms with Crippen molar-refractivity contribution in [3.63, 3.8) is 0 Å². The van der Waals surface area contributed by atoms with Gasteiger partial charge in [-0.25, -0.2) is 0 Å². The summed E-state index contributed by atoms with van der Waals surface area (Å²) in [6.07, 6.45) is -0.848. The van der Waals surface area contributed by atoms with Crippen molar-refractivity contribution < 1.29 is 14.6 Å². The van der Waals surface area contributed by atoms with Crippen molar-refractivity contribution in [1.82, 2.24) is 10.6 Å². The third-order valence-electron chi connectivity index (χ3n) is 3.53. The van der Waals surface area contributed by atoms with E-state index in [1.54, 1.807) is 0 Å². The minimum absolute atomic E-state index is 0.136. The molecule has 1 saturated heterocycles. The highest BCUT2D eigenvalue weighted by atomic mass is 16.5. The zero-order chi connectivity index (χ0) is 14.5. The van der Waals surface area contributed by atoms with E-state index in [-0.39, 0.29) is 24.6 Å². The SMILES string of the molecule is Cc1ccc(C(O)CNC(=O)[C@H]2NCCO[C@@H]2C)cc1. The van der Waals surface area contributed by atoms with Crippen molar-refractivity contribution in [2.75, 3.05) is 19.7 Å². The second-order valence-electron chi connectivity index (χ2n) is 5.18. The van der Waals surface area contributed by atoms with E-state index in [1.807, 2.05) is 38.1 Å². The molecule has 2 rings (SSSR count). The van der Waals surface area contributed by atoms with Crippen LogP contribution in [0.1, 0.15) is 24.2 Å². The zero-order valence-corrected chi connectivity index (χ0v) is 11.9. The van der Waals surface area contributed by atoms with Gasteiger partial charge in [-0.15, -0.1) is 0 Å². The molecule has 1 aliphatic heterocycles. The first-order valence-electron chi connectivity index (χ1n) is 6.95. The minimum Gasteiger partial charge on any atom is -0.387 e. The zero-order valence-electron chi connectivity index (χ0n) is 11.9. The van der Waals surface area contributed by atoms with E-state index in [2.05, 4.69) is 10.6 Å². The summed E-state index contributed by atoms with van der Waals surface area (Å²) in [6.45, 7) is 5.35. The van der Waals surface area contributed by atoms with Gasteiger partial charge in [0, 0.05) is 13.1 Å². The Morgan fingerprint density at radius 2 is 2.20 bits per heavy atom. The van der Waals surface area contributed by atoms with Gasteiger partial charge in [0.05, 0.1) is 18.8 Å². The molecular weight excluding hydrogens is 256 g/mol. The van der Waals surface area contributed by atoms with Crippen LogP contribution in [0, 0.1) is 6.92 Å². The van der Waals surface area contributed by atoms with E-state index < -0.39 is 6.10 Å². The monoisotopic (exact) mass is 278 g/mol. The Morgan fingerprint density at radius 3 is 2.85 bits per heavy atom. The number of aliphatic hydroxyl groups is 1. The molecule has 0 saturated carbocycles. The number of hydrogen-bond acceptors (Lipinski definition) is 4. The summed E-state index contributed by atoms with van der Waals surface area (Å²) >= 11 is 0. The van der Waals surface area contributed by atoms with E-state index in [1.165, 1.54) is 0 Å². The number of morpholine rings is 1. The van der Waals surface area contributed by atoms with Gasteiger partial charge in [0.1, 0.15) is 6.04 Å². The lowest BCUT2D eigenvalue weighted by atomic mass is 10.1. The number of benzene rings is 1. The van der Waals surface area contributed by atoms with Crippen LogP contribution in [0.5, 0.6) is 0 Å². The molecule has 0 spiro atoms. The average Bonchev–Trinajstić information content (AvgIpc) is 2.45. The molecule has 1 heterocycles. The van der Waals surface area contributed by atoms with Crippen molar-refractivity contribution in [2.45, 2.75) is 32.1 Å². The first-order valence-corrected chi connectivity index (χ1v) is 6.95. The standard InChI is InChI=1S/C15H22N2O3/c1-10-3-5-12(6-4-10)13(18)9-17-15(19)14-11(2)20-8-7-16-14/h3-6,11,13-14,16,18H,7-9H2,1-2H3,(H,17,19)/t11-,13?,14+/m1/s1. The Labute approximate surface area is 119 Å². The van der Waals surface area contributed by atoms with Crippen LogP contribution in [0.2, 0.25) is 0 Å². The van der Waals surface area contributed by atoms with E-state index in [0.29, 0.717) is 13.2 Å². The van der Waals surface area contributed by atoms with Crippen molar-refractivity contribution in [3.8, 4) is 0 Å². The molecule has 0 radical (unpaired) electrons. The van der Waals surface area contributed by atoms with Crippen LogP contribution >= 0.6 is 0 Å². The van der Waals surface area contributed by atoms with Gasteiger partial charge in [0.15, 0.2) is 0 Å². The quantitative estimate of drug-likeness (QED) is 0.751. The molecule has 110 valence electrons. The first kappa shape index (κ1) is 15.0. The first-order chi connectivity index (χ1) is 9.58. The Morgan fingerprint density at radius 1 is 1.50 bits per heavy atom. The van der Waals surface area contributed by atoms with Crippen LogP contribution in [-0.2, 0) is 9.53 Å². The normalized spacial score (nSPS) is 24.1. The molecule has 1 unspecified atom stereocenters. The van der Waals surface area contributed by atoms with Gasteiger partial charge in [-0.2, -0.15) is 0 Å². The molecule has 3 N–H and O–H groups in total. The predicted molar refractivity (Wildman–Crippen MR) is 76.4 cm³/mol. The second-order valence-corrected chi connectivity index (χ2v) is 5.18. The fraction of sp³-hybridized carbons (Fsp3) is 0.533. The number of carbonyl (C=O) groups is 1. The lowest BCUT2D eigenvalue weighted by Gasteiger charge is -2.29. The molecule has 5 heteroatoms. The summed E-state index contributed by atoms with van der Waals surface area (Å²) < 4.78 is 5.43. The van der Waals surface area contributed by atoms with Gasteiger partial charge in [-0.05, 0) is 19.4 Å². The topological polar surface area (TPSA) is 70.6 Å². The largest absolute Gasteiger partial charge is 0.387 e. The van der Waals surface area contributed by atoms with Crippen LogP contribution in [0.15, 0.2) is 24.3 Å². The van der Waals surface area contributed by atoms with E-state index in [4.69, 9.17) is 4.74 Å². The molecule has 1 fully saturated rings. The summed E-state index contributed by atoms with van der Waals surface area (Å²) in [5, 5.41) is 15.9. The smallest absolute Gasteiger partial charge is 0.239 e. The highest BCUT2D eigenvalue weighted by Crippen LogP contribution is 2.13. The van der Waals surface area contributed by atoms with Crippen LogP contribution in [-0.4, -0.2) is 42.9 Å². The summed E-state index contributed by atoms with van der Waals surface area (Å²) in [6, 6.07) is 7.28. The molecule has 1 aromatic rings. The van der Waals surface area contributed by atoms with E-state index in [9.17, 15) is 9.90 Å². The Kier molecular flexibility index (Phi) is 5.11. The highest BCUT2D eigenvalue weighted by Gasteiger charge is 2.28. The summed E-state index contributed by atoms with van der Waals surface area (Å²) in [5.74, 6) is -0.136. The fourth-order valence-corrected chi connectivity index (χ4v) is 2.24. The molecule has 1 amide bonds. The highest BCUT2D eigenvalue weighted by molar-refractivity contribution is 5.82. The molecule has 20 heavy (non-hydrogen) atoms. The minimum atomic E-state index is -0.695. The number of nitrogens with one attached hydrogen (secondary N) is 2. The van der Waals surface area contributed by atoms with Crippen molar-refractivity contribution in [2.24, 2.45) is 0 Å². The maximum Gasteiger partial charge on any atom is 0.239 e. The van der Waals surface area contributed by atoms with E-state index >= 15 is 0 Å². The number of rotatable bonds is 4. The molecule has 1 aromatic carbocycles. The van der Waals surface area contributed by atoms with Gasteiger partial charge in [0.2, 0.25) is 5.91 Å². The molecule has 3 atom stereocenters. The summed E-state index contributed by atoms with van der Waals surface area (Å²) in [4.78, 5) is 12.0. The number of carbonyl (C=O) groups excluding carboxylic acids is 1. The molecule has 5 nitrogen and oxygen atoms in total. The van der Waals surface area contributed by atoms with Gasteiger partial charge < -0.3 is 20.5 Å². The number of amides is 1. The van der Waals surface area contributed by atoms with Gasteiger partial charge in [0.25, 0.3) is 0 Å². The molecule has 0 aromatic heterocycles. The van der Waals surface area contributed by atoms with Gasteiger partial charge >= 0.3 is 0 Å². The maximum absolute atomic E-state index is 12.0. The van der Waals surface area contributed by atoms with Crippen LogP contribution < -0.4 is 10.6 Å². The van der Waals surface area contributed by atoms with Crippen molar-refractivity contribution in [1.29, 1.82) is 0 Å². The number of ether oxygens (including phenoxy) is 1. The van der Waals surface area contributed by atoms with E-state index in [0.717, 1.165) is 11.1 Å². The lowest BCUT2D eigenvalue weighted by Crippen LogP contribution is -2.55. The molecule has 1 aliphatic rings. The van der Waals surface area contributed by atoms with Crippen LogP contribution in [0.4, 0.5) is 0 Å². The van der Waals surface area contributed by atoms with Gasteiger partial charge in [-0.3, -0.25) is 4.79 Å². The summed E-state index contributed by atoms with van der Waals surface area (Å²) in [5.41, 5.74) is 1.94. The van der Waals surface area contributed by atoms with Crippen molar-refractivity contribution in [3.05, 3.63) is 35.4 Å². The number of aryl methyl sites for hydroxylation is 1. The third kappa shape index (κ3) is 3.79. The maximum atomic E-state index is 12.0. The third-order valence-corrected chi connectivity index (χ3v) is 3.53. The lowest BCUT2D eigenvalue weighted by molar-refractivity contribution is -0.129. The Hall–Kier alpha value is -1.43. The Balaban J connectivity index is 1.84. The summed E-state index contributed by atoms with van der Waals surface area (Å²) in [7, 11) is 0. The average molecular weight is 278 g/mol. The van der Waals surface area contributed by atoms with Crippen LogP contribution in [0.25, 0.3) is 0 Å². The predicted octanol–water partition coefficient (Wildman–Crippen LogP) is 0.522. The molecule has 0 bridgehead atoms. The number of hydrogen-bond donors (Lipinski definition) is 3. The van der Waals surface area contributed by atoms with Crippen molar-refractivity contribution >= 4 is 5.91 Å². The molecule has 0 aliphatic carbocycles. The second kappa shape index (κ2) is 6.83. The van der Waals surface area contributed by atoms with Gasteiger partial charge in [-0.1, -0.05) is 29.8 Å². The van der Waals surface area contributed by atoms with Crippen LogP contribution in [0.3, 0.4) is 0 Å².